The fourth-order valence-electron chi connectivity index (χ4n) is 1.95. The third-order valence-electron chi connectivity index (χ3n) is 2.95. The van der Waals surface area contributed by atoms with Crippen molar-refractivity contribution in [3.8, 4) is 5.75 Å². The first kappa shape index (κ1) is 9.39. The van der Waals surface area contributed by atoms with Crippen LogP contribution in [0.25, 0.3) is 10.9 Å². The topological polar surface area (TPSA) is 44.1 Å². The van der Waals surface area contributed by atoms with Crippen molar-refractivity contribution >= 4 is 17.2 Å². The third-order valence-corrected chi connectivity index (χ3v) is 2.95. The van der Waals surface area contributed by atoms with E-state index in [4.69, 9.17) is 4.74 Å². The van der Waals surface area contributed by atoms with Gasteiger partial charge in [0.1, 0.15) is 11.4 Å². The Morgan fingerprint density at radius 3 is 2.94 bits per heavy atom. The molecule has 4 nitrogen and oxygen atoms in total. The van der Waals surface area contributed by atoms with E-state index in [0.29, 0.717) is 11.7 Å². The fourth-order valence-corrected chi connectivity index (χ4v) is 1.95. The van der Waals surface area contributed by atoms with Crippen LogP contribution in [0.1, 0.15) is 29.4 Å². The molecule has 0 amide bonds. The zero-order valence-electron chi connectivity index (χ0n) is 9.01. The maximum Gasteiger partial charge on any atom is 0.170 e. The van der Waals surface area contributed by atoms with Crippen LogP contribution in [0.5, 0.6) is 5.75 Å². The molecule has 1 fully saturated rings. The first-order valence-corrected chi connectivity index (χ1v) is 5.35. The smallest absolute Gasteiger partial charge is 0.170 e. The number of aldehydes is 1. The van der Waals surface area contributed by atoms with E-state index in [1.54, 1.807) is 7.11 Å². The normalized spacial score (nSPS) is 15.3. The average molecular weight is 216 g/mol. The molecule has 1 heterocycles. The van der Waals surface area contributed by atoms with Crippen LogP contribution in [-0.2, 0) is 0 Å². The van der Waals surface area contributed by atoms with Crippen LogP contribution in [0.15, 0.2) is 18.2 Å². The Bertz CT molecular complexity index is 555. The SMILES string of the molecule is COc1ccc2c(C=O)nn(C3CC3)c2c1. The van der Waals surface area contributed by atoms with Gasteiger partial charge in [0.25, 0.3) is 0 Å². The second kappa shape index (κ2) is 3.33. The second-order valence-electron chi connectivity index (χ2n) is 4.06. The minimum absolute atomic E-state index is 0.461. The third kappa shape index (κ3) is 1.30. The molecule has 1 aliphatic rings. The van der Waals surface area contributed by atoms with Gasteiger partial charge in [-0.2, -0.15) is 5.10 Å². The van der Waals surface area contributed by atoms with Gasteiger partial charge in [-0.25, -0.2) is 0 Å². The fraction of sp³-hybridized carbons (Fsp3) is 0.333. The van der Waals surface area contributed by atoms with Crippen molar-refractivity contribution in [2.75, 3.05) is 7.11 Å². The van der Waals surface area contributed by atoms with Gasteiger partial charge in [-0.1, -0.05) is 0 Å². The van der Waals surface area contributed by atoms with Gasteiger partial charge in [0.15, 0.2) is 6.29 Å². The van der Waals surface area contributed by atoms with E-state index in [9.17, 15) is 4.79 Å². The number of nitrogens with zero attached hydrogens (tertiary/aromatic N) is 2. The molecule has 82 valence electrons. The summed E-state index contributed by atoms with van der Waals surface area (Å²) in [6, 6.07) is 6.15. The molecule has 16 heavy (non-hydrogen) atoms. The van der Waals surface area contributed by atoms with Crippen LogP contribution in [-0.4, -0.2) is 23.2 Å². The van der Waals surface area contributed by atoms with E-state index in [2.05, 4.69) is 5.10 Å². The van der Waals surface area contributed by atoms with Gasteiger partial charge in [-0.15, -0.1) is 0 Å². The van der Waals surface area contributed by atoms with E-state index in [-0.39, 0.29) is 0 Å². The predicted molar refractivity (Wildman–Crippen MR) is 59.9 cm³/mol. The highest BCUT2D eigenvalue weighted by molar-refractivity contribution is 5.95. The lowest BCUT2D eigenvalue weighted by molar-refractivity contribution is 0.111. The molecule has 3 rings (SSSR count). The Morgan fingerprint density at radius 2 is 2.31 bits per heavy atom. The summed E-state index contributed by atoms with van der Waals surface area (Å²) < 4.78 is 7.14. The number of hydrogen-bond donors (Lipinski definition) is 0. The molecule has 1 aromatic carbocycles. The molecule has 2 aromatic rings. The first-order chi connectivity index (χ1) is 7.83. The Kier molecular flexibility index (Phi) is 1.96. The van der Waals surface area contributed by atoms with Gasteiger partial charge in [0, 0.05) is 11.5 Å². The molecular formula is C12H12N2O2. The molecule has 0 radical (unpaired) electrons. The summed E-state index contributed by atoms with van der Waals surface area (Å²) in [6.07, 6.45) is 3.10. The molecule has 1 aromatic heterocycles. The highest BCUT2D eigenvalue weighted by atomic mass is 16.5. The number of methoxy groups -OCH3 is 1. The minimum atomic E-state index is 0.461. The largest absolute Gasteiger partial charge is 0.497 e. The van der Waals surface area contributed by atoms with Crippen LogP contribution >= 0.6 is 0 Å². The molecule has 4 heteroatoms. The number of fused-ring (bicyclic) bond motifs is 1. The van der Waals surface area contributed by atoms with Crippen molar-refractivity contribution in [1.29, 1.82) is 0 Å². The second-order valence-corrected chi connectivity index (χ2v) is 4.06. The molecule has 0 N–H and O–H groups in total. The molecule has 1 saturated carbocycles. The Hall–Kier alpha value is -1.84. The van der Waals surface area contributed by atoms with Crippen molar-refractivity contribution in [1.82, 2.24) is 9.78 Å². The number of carbonyl (C=O) groups excluding carboxylic acids is 1. The number of hydrogen-bond acceptors (Lipinski definition) is 3. The molecule has 0 bridgehead atoms. The van der Waals surface area contributed by atoms with Crippen LogP contribution in [0, 0.1) is 0 Å². The van der Waals surface area contributed by atoms with Crippen LogP contribution in [0.3, 0.4) is 0 Å². The summed E-state index contributed by atoms with van der Waals surface area (Å²) in [4.78, 5) is 10.9. The maximum atomic E-state index is 10.9. The lowest BCUT2D eigenvalue weighted by atomic mass is 10.2. The van der Waals surface area contributed by atoms with E-state index in [1.807, 2.05) is 22.9 Å². The number of ether oxygens (including phenoxy) is 1. The van der Waals surface area contributed by atoms with Gasteiger partial charge < -0.3 is 4.74 Å². The van der Waals surface area contributed by atoms with E-state index in [1.165, 1.54) is 0 Å². The summed E-state index contributed by atoms with van der Waals surface area (Å²) in [6.45, 7) is 0. The van der Waals surface area contributed by atoms with E-state index in [0.717, 1.165) is 35.8 Å². The zero-order valence-corrected chi connectivity index (χ0v) is 9.01. The Labute approximate surface area is 92.8 Å². The lowest BCUT2D eigenvalue weighted by Gasteiger charge is -2.02. The summed E-state index contributed by atoms with van der Waals surface area (Å²) in [5, 5.41) is 5.24. The predicted octanol–water partition coefficient (Wildman–Crippen LogP) is 2.19. The quantitative estimate of drug-likeness (QED) is 0.739. The maximum absolute atomic E-state index is 10.9. The zero-order chi connectivity index (χ0) is 11.1. The summed E-state index contributed by atoms with van der Waals surface area (Å²) in [7, 11) is 1.64. The van der Waals surface area contributed by atoms with E-state index >= 15 is 0 Å². The molecule has 0 spiro atoms. The Balaban J connectivity index is 2.27. The summed E-state index contributed by atoms with van der Waals surface area (Å²) in [5.74, 6) is 0.798. The van der Waals surface area contributed by atoms with Gasteiger partial charge >= 0.3 is 0 Å². The standard InChI is InChI=1S/C12H12N2O2/c1-16-9-4-5-10-11(7-15)13-14(8-2-3-8)12(10)6-9/h4-8H,2-3H2,1H3. The van der Waals surface area contributed by atoms with Gasteiger partial charge in [0.05, 0.1) is 18.7 Å². The molecule has 0 unspecified atom stereocenters. The Morgan fingerprint density at radius 1 is 1.50 bits per heavy atom. The average Bonchev–Trinajstić information content (AvgIpc) is 3.10. The van der Waals surface area contributed by atoms with E-state index < -0.39 is 0 Å². The minimum Gasteiger partial charge on any atom is -0.497 e. The van der Waals surface area contributed by atoms with Gasteiger partial charge in [-0.3, -0.25) is 9.48 Å². The molecular weight excluding hydrogens is 204 g/mol. The van der Waals surface area contributed by atoms with Crippen molar-refractivity contribution < 1.29 is 9.53 Å². The highest BCUT2D eigenvalue weighted by Crippen LogP contribution is 2.38. The number of rotatable bonds is 3. The number of aromatic nitrogens is 2. The van der Waals surface area contributed by atoms with Crippen molar-refractivity contribution in [3.05, 3.63) is 23.9 Å². The van der Waals surface area contributed by atoms with Crippen LogP contribution in [0.4, 0.5) is 0 Å². The van der Waals surface area contributed by atoms with Crippen LogP contribution in [0.2, 0.25) is 0 Å². The molecule has 0 atom stereocenters. The van der Waals surface area contributed by atoms with Gasteiger partial charge in [-0.05, 0) is 25.0 Å². The van der Waals surface area contributed by atoms with Crippen molar-refractivity contribution in [2.24, 2.45) is 0 Å². The lowest BCUT2D eigenvalue weighted by Crippen LogP contribution is -1.96. The molecule has 1 aliphatic carbocycles. The first-order valence-electron chi connectivity index (χ1n) is 5.35. The number of carbonyl (C=O) groups is 1. The van der Waals surface area contributed by atoms with Crippen LogP contribution < -0.4 is 4.74 Å². The van der Waals surface area contributed by atoms with Gasteiger partial charge in [0.2, 0.25) is 0 Å². The van der Waals surface area contributed by atoms with Crippen molar-refractivity contribution in [3.63, 3.8) is 0 Å². The highest BCUT2D eigenvalue weighted by Gasteiger charge is 2.27. The monoisotopic (exact) mass is 216 g/mol. The van der Waals surface area contributed by atoms with Crippen molar-refractivity contribution in [2.45, 2.75) is 18.9 Å². The number of benzene rings is 1. The molecule has 0 aliphatic heterocycles. The summed E-state index contributed by atoms with van der Waals surface area (Å²) >= 11 is 0. The summed E-state index contributed by atoms with van der Waals surface area (Å²) in [5.41, 5.74) is 1.51. The molecule has 0 saturated heterocycles.